The predicted octanol–water partition coefficient (Wildman–Crippen LogP) is 3.07. The number of amides is 1. The average molecular weight is 306 g/mol. The minimum absolute atomic E-state index is 0.0155. The maximum absolute atomic E-state index is 12.6. The zero-order chi connectivity index (χ0) is 15.8. The van der Waals surface area contributed by atoms with E-state index in [0.717, 1.165) is 47.2 Å². The summed E-state index contributed by atoms with van der Waals surface area (Å²) in [5, 5.41) is 4.16. The molecule has 1 amide bonds. The monoisotopic (exact) mass is 306 g/mol. The van der Waals surface area contributed by atoms with Crippen molar-refractivity contribution in [2.45, 2.75) is 32.2 Å². The fraction of sp³-hybridized carbons (Fsp3) is 0.278. The van der Waals surface area contributed by atoms with Gasteiger partial charge in [-0.3, -0.25) is 4.79 Å². The number of carbonyl (C=O) groups is 1. The number of fused-ring (bicyclic) bond motifs is 2. The van der Waals surface area contributed by atoms with E-state index in [9.17, 15) is 4.79 Å². The quantitative estimate of drug-likeness (QED) is 0.764. The number of nitrogens with one attached hydrogen (secondary N) is 2. The summed E-state index contributed by atoms with van der Waals surface area (Å²) >= 11 is 0. The highest BCUT2D eigenvalue weighted by Gasteiger charge is 2.24. The molecule has 0 aliphatic heterocycles. The van der Waals surface area contributed by atoms with Gasteiger partial charge in [0.15, 0.2) is 0 Å². The maximum atomic E-state index is 12.6. The lowest BCUT2D eigenvalue weighted by Crippen LogP contribution is -2.31. The van der Waals surface area contributed by atoms with Crippen LogP contribution in [0.25, 0.3) is 10.9 Å². The Labute approximate surface area is 134 Å². The van der Waals surface area contributed by atoms with Gasteiger partial charge in [-0.1, -0.05) is 18.2 Å². The van der Waals surface area contributed by atoms with Crippen LogP contribution in [0.15, 0.2) is 36.5 Å². The molecule has 0 saturated carbocycles. The topological polar surface area (TPSA) is 70.7 Å². The second-order valence-electron chi connectivity index (χ2n) is 6.01. The van der Waals surface area contributed by atoms with Crippen LogP contribution < -0.4 is 5.32 Å². The van der Waals surface area contributed by atoms with Crippen molar-refractivity contribution in [1.82, 2.24) is 20.3 Å². The van der Waals surface area contributed by atoms with Gasteiger partial charge in [-0.2, -0.15) is 0 Å². The molecule has 0 bridgehead atoms. The average Bonchev–Trinajstić information content (AvgIpc) is 2.99. The summed E-state index contributed by atoms with van der Waals surface area (Å²) in [7, 11) is 0. The lowest BCUT2D eigenvalue weighted by Gasteiger charge is -2.25. The second kappa shape index (κ2) is 5.50. The standard InChI is InChI=1S/C18H18N4O/c1-11-19-10-13-15(20-11)7-4-8-16(13)22-18(23)17-9-12-5-2-3-6-14(12)21-17/h2-3,5-6,9-10,16,21H,4,7-8H2,1H3,(H,22,23)/t16-/m0/s1. The number of rotatable bonds is 2. The molecule has 2 aromatic heterocycles. The molecule has 0 fully saturated rings. The normalized spacial score (nSPS) is 17.0. The van der Waals surface area contributed by atoms with E-state index in [0.29, 0.717) is 5.69 Å². The van der Waals surface area contributed by atoms with E-state index < -0.39 is 0 Å². The molecular formula is C18H18N4O. The van der Waals surface area contributed by atoms with Crippen LogP contribution in [0.4, 0.5) is 0 Å². The zero-order valence-corrected chi connectivity index (χ0v) is 13.0. The van der Waals surface area contributed by atoms with Gasteiger partial charge in [-0.05, 0) is 38.3 Å². The molecule has 3 aromatic rings. The van der Waals surface area contributed by atoms with E-state index in [-0.39, 0.29) is 11.9 Å². The smallest absolute Gasteiger partial charge is 0.268 e. The van der Waals surface area contributed by atoms with E-state index in [1.165, 1.54) is 0 Å². The highest BCUT2D eigenvalue weighted by atomic mass is 16.1. The van der Waals surface area contributed by atoms with Crippen molar-refractivity contribution in [3.8, 4) is 0 Å². The number of aryl methyl sites for hydroxylation is 2. The lowest BCUT2D eigenvalue weighted by atomic mass is 9.92. The highest BCUT2D eigenvalue weighted by molar-refractivity contribution is 5.98. The molecule has 5 heteroatoms. The fourth-order valence-corrected chi connectivity index (χ4v) is 3.23. The number of aromatic nitrogens is 3. The molecule has 1 aromatic carbocycles. The lowest BCUT2D eigenvalue weighted by molar-refractivity contribution is 0.0928. The Morgan fingerprint density at radius 2 is 2.22 bits per heavy atom. The predicted molar refractivity (Wildman–Crippen MR) is 88.2 cm³/mol. The number of nitrogens with zero attached hydrogens (tertiary/aromatic N) is 2. The molecule has 23 heavy (non-hydrogen) atoms. The molecule has 0 unspecified atom stereocenters. The minimum Gasteiger partial charge on any atom is -0.351 e. The van der Waals surface area contributed by atoms with Gasteiger partial charge in [0, 0.05) is 28.4 Å². The van der Waals surface area contributed by atoms with Crippen molar-refractivity contribution >= 4 is 16.8 Å². The molecule has 116 valence electrons. The van der Waals surface area contributed by atoms with Gasteiger partial charge in [0.05, 0.1) is 6.04 Å². The van der Waals surface area contributed by atoms with Gasteiger partial charge in [-0.15, -0.1) is 0 Å². The van der Waals surface area contributed by atoms with Crippen LogP contribution in [0.2, 0.25) is 0 Å². The van der Waals surface area contributed by atoms with E-state index in [2.05, 4.69) is 20.3 Å². The largest absolute Gasteiger partial charge is 0.351 e. The van der Waals surface area contributed by atoms with Crippen molar-refractivity contribution in [1.29, 1.82) is 0 Å². The third-order valence-electron chi connectivity index (χ3n) is 4.38. The summed E-state index contributed by atoms with van der Waals surface area (Å²) < 4.78 is 0. The third-order valence-corrected chi connectivity index (χ3v) is 4.38. The van der Waals surface area contributed by atoms with Crippen molar-refractivity contribution in [2.75, 3.05) is 0 Å². The molecule has 2 heterocycles. The maximum Gasteiger partial charge on any atom is 0.268 e. The second-order valence-corrected chi connectivity index (χ2v) is 6.01. The Bertz CT molecular complexity index is 851. The number of hydrogen-bond donors (Lipinski definition) is 2. The van der Waals surface area contributed by atoms with Crippen LogP contribution in [0, 0.1) is 6.92 Å². The van der Waals surface area contributed by atoms with E-state index in [4.69, 9.17) is 0 Å². The number of benzene rings is 1. The summed E-state index contributed by atoms with van der Waals surface area (Å²) in [5.74, 6) is 0.700. The van der Waals surface area contributed by atoms with Crippen LogP contribution >= 0.6 is 0 Å². The molecule has 1 atom stereocenters. The summed E-state index contributed by atoms with van der Waals surface area (Å²) in [5.41, 5.74) is 3.67. The Morgan fingerprint density at radius 3 is 3.09 bits per heavy atom. The molecule has 5 nitrogen and oxygen atoms in total. The van der Waals surface area contributed by atoms with Crippen molar-refractivity contribution < 1.29 is 4.79 Å². The van der Waals surface area contributed by atoms with Crippen LogP contribution in [-0.2, 0) is 6.42 Å². The molecule has 4 rings (SSSR count). The Morgan fingerprint density at radius 1 is 1.35 bits per heavy atom. The van der Waals surface area contributed by atoms with Gasteiger partial charge in [0.1, 0.15) is 11.5 Å². The van der Waals surface area contributed by atoms with Crippen LogP contribution in [-0.4, -0.2) is 20.9 Å². The fourth-order valence-electron chi connectivity index (χ4n) is 3.23. The number of aromatic amines is 1. The Hall–Kier alpha value is -2.69. The number of carbonyl (C=O) groups excluding carboxylic acids is 1. The first-order chi connectivity index (χ1) is 11.2. The SMILES string of the molecule is Cc1ncc2c(n1)CCC[C@@H]2NC(=O)c1cc2ccccc2[nH]1. The summed E-state index contributed by atoms with van der Waals surface area (Å²) in [6.07, 6.45) is 4.76. The van der Waals surface area contributed by atoms with Gasteiger partial charge < -0.3 is 10.3 Å². The van der Waals surface area contributed by atoms with Crippen LogP contribution in [0.3, 0.4) is 0 Å². The zero-order valence-electron chi connectivity index (χ0n) is 13.0. The third kappa shape index (κ3) is 2.59. The molecule has 0 radical (unpaired) electrons. The van der Waals surface area contributed by atoms with Crippen LogP contribution in [0.5, 0.6) is 0 Å². The van der Waals surface area contributed by atoms with Crippen LogP contribution in [0.1, 0.15) is 46.5 Å². The highest BCUT2D eigenvalue weighted by Crippen LogP contribution is 2.28. The molecule has 1 aliphatic rings. The molecule has 0 saturated heterocycles. The Balaban J connectivity index is 1.60. The number of H-pyrrole nitrogens is 1. The number of hydrogen-bond acceptors (Lipinski definition) is 3. The Kier molecular flexibility index (Phi) is 3.33. The minimum atomic E-state index is -0.0837. The summed E-state index contributed by atoms with van der Waals surface area (Å²) in [6, 6.07) is 9.76. The van der Waals surface area contributed by atoms with Gasteiger partial charge >= 0.3 is 0 Å². The van der Waals surface area contributed by atoms with Gasteiger partial charge in [0.2, 0.25) is 0 Å². The first-order valence-corrected chi connectivity index (χ1v) is 7.92. The molecule has 2 N–H and O–H groups in total. The first kappa shape index (κ1) is 13.9. The summed E-state index contributed by atoms with van der Waals surface area (Å²) in [4.78, 5) is 24.5. The molecular weight excluding hydrogens is 288 g/mol. The molecule has 0 spiro atoms. The van der Waals surface area contributed by atoms with Crippen molar-refractivity contribution in [3.63, 3.8) is 0 Å². The number of para-hydroxylation sites is 1. The van der Waals surface area contributed by atoms with E-state index in [1.807, 2.05) is 43.5 Å². The van der Waals surface area contributed by atoms with E-state index in [1.54, 1.807) is 0 Å². The van der Waals surface area contributed by atoms with Crippen molar-refractivity contribution in [3.05, 3.63) is 59.3 Å². The van der Waals surface area contributed by atoms with Crippen molar-refractivity contribution in [2.24, 2.45) is 0 Å². The first-order valence-electron chi connectivity index (χ1n) is 7.92. The summed E-state index contributed by atoms with van der Waals surface area (Å²) in [6.45, 7) is 1.90. The molecule has 1 aliphatic carbocycles. The van der Waals surface area contributed by atoms with Gasteiger partial charge in [-0.25, -0.2) is 9.97 Å². The van der Waals surface area contributed by atoms with Gasteiger partial charge in [0.25, 0.3) is 5.91 Å². The van der Waals surface area contributed by atoms with E-state index >= 15 is 0 Å².